The van der Waals surface area contributed by atoms with Gasteiger partial charge in [-0.25, -0.2) is 4.98 Å². The second-order valence-corrected chi connectivity index (χ2v) is 6.52. The van der Waals surface area contributed by atoms with Crippen LogP contribution in [0.5, 0.6) is 0 Å². The van der Waals surface area contributed by atoms with Crippen LogP contribution in [-0.2, 0) is 25.9 Å². The van der Waals surface area contributed by atoms with Crippen LogP contribution in [0.15, 0.2) is 6.20 Å². The fourth-order valence-corrected chi connectivity index (χ4v) is 3.43. The number of nitrogens with zero attached hydrogens (tertiary/aromatic N) is 3. The van der Waals surface area contributed by atoms with Crippen LogP contribution < -0.4 is 5.32 Å². The molecule has 0 saturated heterocycles. The van der Waals surface area contributed by atoms with E-state index in [1.807, 2.05) is 10.9 Å². The van der Waals surface area contributed by atoms with Crippen molar-refractivity contribution in [1.82, 2.24) is 20.1 Å². The Morgan fingerprint density at radius 2 is 2.10 bits per heavy atom. The zero-order valence-electron chi connectivity index (χ0n) is 13.1. The number of nitrogens with one attached hydrogen (secondary N) is 1. The van der Waals surface area contributed by atoms with E-state index in [0.29, 0.717) is 6.54 Å². The largest absolute Gasteiger partial charge is 0.302 e. The lowest BCUT2D eigenvalue weighted by Gasteiger charge is -2.12. The quantitative estimate of drug-likeness (QED) is 0.836. The van der Waals surface area contributed by atoms with Crippen molar-refractivity contribution in [3.05, 3.63) is 32.5 Å². The first-order valence-corrected chi connectivity index (χ1v) is 8.72. The minimum Gasteiger partial charge on any atom is -0.302 e. The van der Waals surface area contributed by atoms with Gasteiger partial charge in [0, 0.05) is 24.2 Å². The van der Waals surface area contributed by atoms with Gasteiger partial charge in [0.05, 0.1) is 22.5 Å². The fourth-order valence-electron chi connectivity index (χ4n) is 2.21. The lowest BCUT2D eigenvalue weighted by Crippen LogP contribution is -2.20. The summed E-state index contributed by atoms with van der Waals surface area (Å²) in [7, 11) is 0. The number of rotatable bonds is 7. The summed E-state index contributed by atoms with van der Waals surface area (Å²) in [4.78, 5) is 5.81. The molecule has 0 bridgehead atoms. The van der Waals surface area contributed by atoms with Gasteiger partial charge in [-0.05, 0) is 26.7 Å². The predicted octanol–water partition coefficient (Wildman–Crippen LogP) is 3.99. The maximum absolute atomic E-state index is 6.43. The molecule has 0 aliphatic heterocycles. The third kappa shape index (κ3) is 3.65. The van der Waals surface area contributed by atoms with Gasteiger partial charge in [0.2, 0.25) is 0 Å². The summed E-state index contributed by atoms with van der Waals surface area (Å²) in [6.07, 6.45) is 3.87. The van der Waals surface area contributed by atoms with Gasteiger partial charge in [-0.3, -0.25) is 4.68 Å². The maximum Gasteiger partial charge on any atom is 0.109 e. The van der Waals surface area contributed by atoms with Gasteiger partial charge < -0.3 is 5.32 Å². The smallest absolute Gasteiger partial charge is 0.109 e. The summed E-state index contributed by atoms with van der Waals surface area (Å²) >= 11 is 8.20. The highest BCUT2D eigenvalue weighted by Crippen LogP contribution is 2.24. The Hall–Kier alpha value is -0.910. The van der Waals surface area contributed by atoms with E-state index in [2.05, 4.69) is 43.1 Å². The third-order valence-corrected chi connectivity index (χ3v) is 5.32. The highest BCUT2D eigenvalue weighted by Gasteiger charge is 2.16. The van der Waals surface area contributed by atoms with Gasteiger partial charge in [0.15, 0.2) is 0 Å². The molecule has 0 saturated carbocycles. The Morgan fingerprint density at radius 1 is 1.33 bits per heavy atom. The van der Waals surface area contributed by atoms with Crippen molar-refractivity contribution >= 4 is 22.9 Å². The minimum absolute atomic E-state index is 0.219. The van der Waals surface area contributed by atoms with Gasteiger partial charge in [-0.2, -0.15) is 5.10 Å². The van der Waals surface area contributed by atoms with Gasteiger partial charge in [-0.15, -0.1) is 11.3 Å². The molecule has 6 heteroatoms. The third-order valence-electron chi connectivity index (χ3n) is 3.56. The molecular formula is C15H23ClN4S. The number of hydrogen-bond donors (Lipinski definition) is 1. The van der Waals surface area contributed by atoms with Crippen molar-refractivity contribution in [2.75, 3.05) is 0 Å². The Labute approximate surface area is 135 Å². The molecule has 2 aromatic rings. The second kappa shape index (κ2) is 7.38. The molecule has 2 aromatic heterocycles. The van der Waals surface area contributed by atoms with Crippen LogP contribution in [0, 0.1) is 0 Å². The van der Waals surface area contributed by atoms with Gasteiger partial charge in [0.1, 0.15) is 5.01 Å². The van der Waals surface area contributed by atoms with Crippen molar-refractivity contribution in [2.24, 2.45) is 0 Å². The fraction of sp³-hybridized carbons (Fsp3) is 0.600. The van der Waals surface area contributed by atoms with Crippen LogP contribution in [0.2, 0.25) is 5.02 Å². The topological polar surface area (TPSA) is 42.7 Å². The summed E-state index contributed by atoms with van der Waals surface area (Å²) < 4.78 is 1.99. The Kier molecular flexibility index (Phi) is 5.79. The van der Waals surface area contributed by atoms with Crippen LogP contribution >= 0.6 is 22.9 Å². The van der Waals surface area contributed by atoms with Crippen molar-refractivity contribution in [1.29, 1.82) is 0 Å². The van der Waals surface area contributed by atoms with Gasteiger partial charge in [0.25, 0.3) is 0 Å². The summed E-state index contributed by atoms with van der Waals surface area (Å²) in [5.74, 6) is 0. The molecule has 1 unspecified atom stereocenters. The molecule has 21 heavy (non-hydrogen) atoms. The molecule has 0 spiro atoms. The molecule has 2 heterocycles. The molecule has 0 radical (unpaired) electrons. The van der Waals surface area contributed by atoms with Gasteiger partial charge >= 0.3 is 0 Å². The normalized spacial score (nSPS) is 12.8. The van der Waals surface area contributed by atoms with Crippen LogP contribution in [0.4, 0.5) is 0 Å². The molecule has 1 atom stereocenters. The molecule has 2 rings (SSSR count). The zero-order valence-corrected chi connectivity index (χ0v) is 14.7. The molecule has 1 N–H and O–H groups in total. The summed E-state index contributed by atoms with van der Waals surface area (Å²) in [5.41, 5.74) is 2.04. The number of hydrogen-bond acceptors (Lipinski definition) is 4. The SMILES string of the molecule is CCc1cnc(C(C)NCc2c(Cl)c(CC)nn2CC)s1. The first-order chi connectivity index (χ1) is 10.1. The number of thiazole rings is 1. The summed E-state index contributed by atoms with van der Waals surface area (Å²) in [6.45, 7) is 10.0. The Bertz CT molecular complexity index is 591. The van der Waals surface area contributed by atoms with E-state index in [0.717, 1.165) is 40.8 Å². The average Bonchev–Trinajstić information content (AvgIpc) is 3.09. The van der Waals surface area contributed by atoms with E-state index >= 15 is 0 Å². The number of aromatic nitrogens is 3. The van der Waals surface area contributed by atoms with Gasteiger partial charge in [-0.1, -0.05) is 25.4 Å². The van der Waals surface area contributed by atoms with E-state index in [4.69, 9.17) is 11.6 Å². The number of aryl methyl sites for hydroxylation is 3. The van der Waals surface area contributed by atoms with Crippen LogP contribution in [0.3, 0.4) is 0 Å². The first-order valence-electron chi connectivity index (χ1n) is 7.52. The predicted molar refractivity (Wildman–Crippen MR) is 89.0 cm³/mol. The Balaban J connectivity index is 2.07. The molecule has 0 aliphatic rings. The molecular weight excluding hydrogens is 304 g/mol. The lowest BCUT2D eigenvalue weighted by molar-refractivity contribution is 0.529. The van der Waals surface area contributed by atoms with Crippen molar-refractivity contribution in [3.63, 3.8) is 0 Å². The van der Waals surface area contributed by atoms with E-state index in [-0.39, 0.29) is 6.04 Å². The number of halogens is 1. The van der Waals surface area contributed by atoms with Crippen molar-refractivity contribution in [3.8, 4) is 0 Å². The van der Waals surface area contributed by atoms with E-state index in [1.165, 1.54) is 4.88 Å². The first kappa shape index (κ1) is 16.5. The maximum atomic E-state index is 6.43. The van der Waals surface area contributed by atoms with Crippen LogP contribution in [-0.4, -0.2) is 14.8 Å². The zero-order chi connectivity index (χ0) is 15.4. The highest BCUT2D eigenvalue weighted by atomic mass is 35.5. The monoisotopic (exact) mass is 326 g/mol. The van der Waals surface area contributed by atoms with E-state index in [1.54, 1.807) is 11.3 Å². The Morgan fingerprint density at radius 3 is 2.67 bits per heavy atom. The molecule has 116 valence electrons. The summed E-state index contributed by atoms with van der Waals surface area (Å²) in [5, 5.41) is 9.98. The van der Waals surface area contributed by atoms with Crippen LogP contribution in [0.1, 0.15) is 55.0 Å². The molecule has 0 amide bonds. The summed E-state index contributed by atoms with van der Waals surface area (Å²) in [6, 6.07) is 0.219. The van der Waals surface area contributed by atoms with Crippen LogP contribution in [0.25, 0.3) is 0 Å². The van der Waals surface area contributed by atoms with E-state index < -0.39 is 0 Å². The molecule has 0 aromatic carbocycles. The van der Waals surface area contributed by atoms with Crippen molar-refractivity contribution in [2.45, 2.75) is 59.7 Å². The minimum atomic E-state index is 0.219. The highest BCUT2D eigenvalue weighted by molar-refractivity contribution is 7.11. The van der Waals surface area contributed by atoms with E-state index in [9.17, 15) is 0 Å². The lowest BCUT2D eigenvalue weighted by atomic mass is 10.3. The average molecular weight is 327 g/mol. The molecule has 0 aliphatic carbocycles. The second-order valence-electron chi connectivity index (χ2n) is 5.00. The van der Waals surface area contributed by atoms with Crippen molar-refractivity contribution < 1.29 is 0 Å². The molecule has 0 fully saturated rings. The standard InChI is InChI=1S/C15H23ClN4S/c1-5-11-8-18-15(21-11)10(4)17-9-13-14(16)12(6-2)19-20(13)7-3/h8,10,17H,5-7,9H2,1-4H3. The molecule has 4 nitrogen and oxygen atoms in total.